The first kappa shape index (κ1) is 17.5. The second kappa shape index (κ2) is 6.75. The van der Waals surface area contributed by atoms with Crippen LogP contribution in [-0.2, 0) is 24.6 Å². The minimum absolute atomic E-state index is 0.0607. The van der Waals surface area contributed by atoms with Crippen LogP contribution < -0.4 is 10.0 Å². The Labute approximate surface area is 135 Å². The molecule has 0 bridgehead atoms. The van der Waals surface area contributed by atoms with Crippen molar-refractivity contribution in [2.75, 3.05) is 28.2 Å². The van der Waals surface area contributed by atoms with Crippen LogP contribution in [0.15, 0.2) is 24.3 Å². The van der Waals surface area contributed by atoms with Crippen molar-refractivity contribution in [2.45, 2.75) is 18.6 Å². The SMILES string of the molecule is CCOC(=O)Nc1ccccc1NS(=O)(=O)[C@H]1CCS(=O)(=O)C1. The van der Waals surface area contributed by atoms with Gasteiger partial charge in [-0.3, -0.25) is 10.0 Å². The van der Waals surface area contributed by atoms with E-state index in [2.05, 4.69) is 10.0 Å². The van der Waals surface area contributed by atoms with E-state index in [0.29, 0.717) is 0 Å². The van der Waals surface area contributed by atoms with Crippen LogP contribution in [0.25, 0.3) is 0 Å². The van der Waals surface area contributed by atoms with E-state index in [-0.39, 0.29) is 30.2 Å². The lowest BCUT2D eigenvalue weighted by molar-refractivity contribution is 0.168. The van der Waals surface area contributed by atoms with Crippen molar-refractivity contribution in [1.29, 1.82) is 0 Å². The lowest BCUT2D eigenvalue weighted by atomic mass is 10.3. The first-order valence-corrected chi connectivity index (χ1v) is 10.3. The highest BCUT2D eigenvalue weighted by Gasteiger charge is 2.37. The van der Waals surface area contributed by atoms with Gasteiger partial charge in [0.05, 0.1) is 34.7 Å². The third kappa shape index (κ3) is 4.58. The number of para-hydroxylation sites is 2. The molecule has 1 heterocycles. The number of carbonyl (C=O) groups excluding carboxylic acids is 1. The Bertz CT molecular complexity index is 788. The van der Waals surface area contributed by atoms with Crippen molar-refractivity contribution in [3.63, 3.8) is 0 Å². The fraction of sp³-hybridized carbons (Fsp3) is 0.462. The van der Waals surface area contributed by atoms with Crippen LogP contribution in [0.2, 0.25) is 0 Å². The van der Waals surface area contributed by atoms with Crippen molar-refractivity contribution in [3.05, 3.63) is 24.3 Å². The van der Waals surface area contributed by atoms with Gasteiger partial charge in [-0.25, -0.2) is 21.6 Å². The summed E-state index contributed by atoms with van der Waals surface area (Å²) < 4.78 is 54.7. The number of ether oxygens (including phenoxy) is 1. The molecule has 0 aromatic heterocycles. The summed E-state index contributed by atoms with van der Waals surface area (Å²) in [6.45, 7) is 1.83. The average Bonchev–Trinajstić information content (AvgIpc) is 2.82. The molecule has 1 aromatic rings. The molecule has 1 fully saturated rings. The molecule has 1 aliphatic heterocycles. The number of amides is 1. The number of hydrogen-bond acceptors (Lipinski definition) is 6. The molecule has 1 atom stereocenters. The number of carbonyl (C=O) groups is 1. The van der Waals surface area contributed by atoms with Crippen molar-refractivity contribution in [3.8, 4) is 0 Å². The van der Waals surface area contributed by atoms with Crippen LogP contribution in [-0.4, -0.2) is 46.3 Å². The Morgan fingerprint density at radius 1 is 1.30 bits per heavy atom. The zero-order valence-electron chi connectivity index (χ0n) is 12.5. The van der Waals surface area contributed by atoms with Gasteiger partial charge < -0.3 is 4.74 Å². The van der Waals surface area contributed by atoms with Gasteiger partial charge in [-0.1, -0.05) is 12.1 Å². The Hall–Kier alpha value is -1.81. The molecule has 0 unspecified atom stereocenters. The Morgan fingerprint density at radius 3 is 2.52 bits per heavy atom. The summed E-state index contributed by atoms with van der Waals surface area (Å²) in [5.41, 5.74) is 0.389. The fourth-order valence-corrected chi connectivity index (χ4v) is 6.31. The molecule has 1 saturated heterocycles. The van der Waals surface area contributed by atoms with Crippen LogP contribution in [0.5, 0.6) is 0 Å². The molecule has 1 aliphatic rings. The number of benzene rings is 1. The van der Waals surface area contributed by atoms with E-state index >= 15 is 0 Å². The molecule has 0 spiro atoms. The highest BCUT2D eigenvalue weighted by atomic mass is 32.2. The molecular weight excluding hydrogens is 344 g/mol. The molecule has 1 aromatic carbocycles. The molecule has 0 saturated carbocycles. The number of rotatable bonds is 5. The smallest absolute Gasteiger partial charge is 0.411 e. The minimum atomic E-state index is -3.88. The van der Waals surface area contributed by atoms with Gasteiger partial charge >= 0.3 is 6.09 Å². The summed E-state index contributed by atoms with van der Waals surface area (Å²) in [6, 6.07) is 6.21. The molecule has 2 N–H and O–H groups in total. The fourth-order valence-electron chi connectivity index (χ4n) is 2.20. The molecule has 128 valence electrons. The normalized spacial score (nSPS) is 20.0. The standard InChI is InChI=1S/C13H18N2O6S2/c1-2-21-13(16)14-11-5-3-4-6-12(11)15-23(19,20)10-7-8-22(17,18)9-10/h3-6,10,15H,2,7-9H2,1H3,(H,14,16)/t10-/m0/s1. The van der Waals surface area contributed by atoms with E-state index in [4.69, 9.17) is 4.74 Å². The van der Waals surface area contributed by atoms with Crippen LogP contribution in [0.3, 0.4) is 0 Å². The van der Waals surface area contributed by atoms with Gasteiger partial charge in [0.2, 0.25) is 10.0 Å². The van der Waals surface area contributed by atoms with Crippen molar-refractivity contribution in [1.82, 2.24) is 0 Å². The van der Waals surface area contributed by atoms with E-state index in [0.717, 1.165) is 0 Å². The molecule has 23 heavy (non-hydrogen) atoms. The summed E-state index contributed by atoms with van der Waals surface area (Å²) in [5.74, 6) is -0.531. The van der Waals surface area contributed by atoms with E-state index in [1.54, 1.807) is 19.1 Å². The third-order valence-corrected chi connectivity index (χ3v) is 7.08. The van der Waals surface area contributed by atoms with Gasteiger partial charge in [0, 0.05) is 0 Å². The lowest BCUT2D eigenvalue weighted by Gasteiger charge is -2.16. The van der Waals surface area contributed by atoms with Gasteiger partial charge in [-0.15, -0.1) is 0 Å². The highest BCUT2D eigenvalue weighted by molar-refractivity contribution is 7.97. The van der Waals surface area contributed by atoms with Crippen LogP contribution in [0.1, 0.15) is 13.3 Å². The number of sulfone groups is 1. The van der Waals surface area contributed by atoms with Crippen molar-refractivity contribution in [2.24, 2.45) is 0 Å². The predicted octanol–water partition coefficient (Wildman–Crippen LogP) is 1.18. The Kier molecular flexibility index (Phi) is 5.15. The van der Waals surface area contributed by atoms with Gasteiger partial charge in [-0.05, 0) is 25.5 Å². The van der Waals surface area contributed by atoms with Gasteiger partial charge in [-0.2, -0.15) is 0 Å². The maximum atomic E-state index is 12.3. The van der Waals surface area contributed by atoms with Gasteiger partial charge in [0.25, 0.3) is 0 Å². The van der Waals surface area contributed by atoms with Crippen LogP contribution >= 0.6 is 0 Å². The number of anilines is 2. The maximum absolute atomic E-state index is 12.3. The van der Waals surface area contributed by atoms with E-state index in [1.807, 2.05) is 0 Å². The van der Waals surface area contributed by atoms with Gasteiger partial charge in [0.1, 0.15) is 0 Å². The van der Waals surface area contributed by atoms with Gasteiger partial charge in [0.15, 0.2) is 9.84 Å². The topological polar surface area (TPSA) is 119 Å². The summed E-state index contributed by atoms with van der Waals surface area (Å²) in [4.78, 5) is 11.5. The Morgan fingerprint density at radius 2 is 1.96 bits per heavy atom. The monoisotopic (exact) mass is 362 g/mol. The van der Waals surface area contributed by atoms with E-state index < -0.39 is 37.0 Å². The van der Waals surface area contributed by atoms with Crippen molar-refractivity contribution < 1.29 is 26.4 Å². The molecule has 8 nitrogen and oxygen atoms in total. The predicted molar refractivity (Wildman–Crippen MR) is 86.7 cm³/mol. The zero-order valence-corrected chi connectivity index (χ0v) is 14.1. The number of nitrogens with one attached hydrogen (secondary N) is 2. The summed E-state index contributed by atoms with van der Waals surface area (Å²) in [5, 5.41) is 1.44. The largest absolute Gasteiger partial charge is 0.450 e. The molecule has 2 rings (SSSR count). The van der Waals surface area contributed by atoms with Crippen LogP contribution in [0.4, 0.5) is 16.2 Å². The summed E-state index contributed by atoms with van der Waals surface area (Å²) in [7, 11) is -7.19. The Balaban J connectivity index is 2.18. The van der Waals surface area contributed by atoms with E-state index in [1.165, 1.54) is 12.1 Å². The minimum Gasteiger partial charge on any atom is -0.450 e. The average molecular weight is 362 g/mol. The third-order valence-electron chi connectivity index (χ3n) is 3.32. The van der Waals surface area contributed by atoms with E-state index in [9.17, 15) is 21.6 Å². The highest BCUT2D eigenvalue weighted by Crippen LogP contribution is 2.26. The molecule has 10 heteroatoms. The molecular formula is C13H18N2O6S2. The maximum Gasteiger partial charge on any atom is 0.411 e. The van der Waals surface area contributed by atoms with Crippen molar-refractivity contribution >= 4 is 37.3 Å². The lowest BCUT2D eigenvalue weighted by Crippen LogP contribution is -2.29. The second-order valence-electron chi connectivity index (χ2n) is 5.06. The zero-order chi connectivity index (χ0) is 17.1. The molecule has 0 radical (unpaired) electrons. The second-order valence-corrected chi connectivity index (χ2v) is 9.25. The summed E-state index contributed by atoms with van der Waals surface area (Å²) in [6.07, 6.45) is -0.645. The quantitative estimate of drug-likeness (QED) is 0.812. The molecule has 1 amide bonds. The first-order valence-electron chi connectivity index (χ1n) is 6.98. The van der Waals surface area contributed by atoms with Crippen LogP contribution in [0, 0.1) is 0 Å². The number of sulfonamides is 1. The summed E-state index contributed by atoms with van der Waals surface area (Å²) >= 11 is 0. The first-order chi connectivity index (χ1) is 10.7. The number of hydrogen-bond donors (Lipinski definition) is 2. The molecule has 0 aliphatic carbocycles.